The van der Waals surface area contributed by atoms with Crippen LogP contribution < -0.4 is 4.74 Å². The summed E-state index contributed by atoms with van der Waals surface area (Å²) in [4.78, 5) is 20.0. The number of methoxy groups -OCH3 is 1. The second-order valence-electron chi connectivity index (χ2n) is 9.12. The van der Waals surface area contributed by atoms with Gasteiger partial charge in [-0.2, -0.15) is 5.10 Å². The minimum absolute atomic E-state index is 0.0524. The number of aromatic nitrogens is 4. The van der Waals surface area contributed by atoms with Crippen molar-refractivity contribution in [3.05, 3.63) is 66.7 Å². The first-order valence-corrected chi connectivity index (χ1v) is 10.8. The van der Waals surface area contributed by atoms with Gasteiger partial charge in [-0.1, -0.05) is 6.07 Å². The number of carbonyl (C=O) groups is 1. The van der Waals surface area contributed by atoms with Crippen molar-refractivity contribution in [2.75, 3.05) is 13.7 Å². The summed E-state index contributed by atoms with van der Waals surface area (Å²) in [6.07, 6.45) is 8.59. The van der Waals surface area contributed by atoms with Crippen molar-refractivity contribution in [1.29, 1.82) is 0 Å². The van der Waals surface area contributed by atoms with Gasteiger partial charge in [0.25, 0.3) is 5.91 Å². The summed E-state index contributed by atoms with van der Waals surface area (Å²) in [5.74, 6) is 1.10. The standard InChI is InChI=1S/C25H27N5O2/c1-25(2)11-17(16-30(25)24(31)19-5-4-6-22(10-19)32-3)15-29-8-7-18-9-20(12-26-23(18)29)21-13-27-28-14-21/h4-10,12-14,17H,11,15-16H2,1-3H3,(H,27,28). The van der Waals surface area contributed by atoms with Crippen molar-refractivity contribution in [1.82, 2.24) is 24.6 Å². The Balaban J connectivity index is 1.35. The van der Waals surface area contributed by atoms with Crippen molar-refractivity contribution >= 4 is 16.9 Å². The fraction of sp³-hybridized carbons (Fsp3) is 0.320. The second-order valence-corrected chi connectivity index (χ2v) is 9.12. The van der Waals surface area contributed by atoms with Gasteiger partial charge in [0.05, 0.1) is 13.3 Å². The molecule has 4 heterocycles. The molecule has 0 radical (unpaired) electrons. The van der Waals surface area contributed by atoms with Gasteiger partial charge in [0.2, 0.25) is 0 Å². The maximum absolute atomic E-state index is 13.3. The monoisotopic (exact) mass is 429 g/mol. The number of benzene rings is 1. The second kappa shape index (κ2) is 7.82. The quantitative estimate of drug-likeness (QED) is 0.511. The minimum atomic E-state index is -0.213. The molecule has 3 aromatic heterocycles. The Kier molecular flexibility index (Phi) is 4.96. The first-order valence-electron chi connectivity index (χ1n) is 10.8. The zero-order chi connectivity index (χ0) is 22.3. The van der Waals surface area contributed by atoms with Crippen LogP contribution in [0.2, 0.25) is 0 Å². The minimum Gasteiger partial charge on any atom is -0.497 e. The number of nitrogens with one attached hydrogen (secondary N) is 1. The fourth-order valence-electron chi connectivity index (χ4n) is 4.85. The molecular formula is C25H27N5O2. The van der Waals surface area contributed by atoms with Crippen molar-refractivity contribution in [3.8, 4) is 16.9 Å². The van der Waals surface area contributed by atoms with Crippen molar-refractivity contribution in [2.45, 2.75) is 32.4 Å². The Morgan fingerprint density at radius 1 is 1.22 bits per heavy atom. The molecule has 7 nitrogen and oxygen atoms in total. The molecule has 5 rings (SSSR count). The number of hydrogen-bond donors (Lipinski definition) is 1. The molecule has 0 spiro atoms. The van der Waals surface area contributed by atoms with E-state index in [0.29, 0.717) is 17.2 Å². The fourth-order valence-corrected chi connectivity index (χ4v) is 4.85. The van der Waals surface area contributed by atoms with Gasteiger partial charge in [-0.25, -0.2) is 4.98 Å². The van der Waals surface area contributed by atoms with E-state index >= 15 is 0 Å². The Labute approximate surface area is 187 Å². The lowest BCUT2D eigenvalue weighted by Gasteiger charge is -2.31. The van der Waals surface area contributed by atoms with E-state index < -0.39 is 0 Å². The lowest BCUT2D eigenvalue weighted by molar-refractivity contribution is 0.0649. The lowest BCUT2D eigenvalue weighted by atomic mass is 9.96. The van der Waals surface area contributed by atoms with Gasteiger partial charge in [-0.15, -0.1) is 0 Å². The highest BCUT2D eigenvalue weighted by Crippen LogP contribution is 2.35. The molecule has 1 aliphatic heterocycles. The van der Waals surface area contributed by atoms with Crippen LogP contribution in [0.5, 0.6) is 5.75 Å². The number of aromatic amines is 1. The summed E-state index contributed by atoms with van der Waals surface area (Å²) >= 11 is 0. The first kappa shape index (κ1) is 20.3. The van der Waals surface area contributed by atoms with E-state index in [2.05, 4.69) is 46.9 Å². The number of pyridine rings is 1. The molecule has 0 bridgehead atoms. The number of likely N-dealkylation sites (tertiary alicyclic amines) is 1. The molecule has 1 amide bonds. The molecule has 4 aromatic rings. The predicted octanol–water partition coefficient (Wildman–Crippen LogP) is 4.38. The summed E-state index contributed by atoms with van der Waals surface area (Å²) < 4.78 is 7.50. The van der Waals surface area contributed by atoms with E-state index in [0.717, 1.165) is 41.7 Å². The normalized spacial score (nSPS) is 17.7. The highest BCUT2D eigenvalue weighted by Gasteiger charge is 2.41. The molecule has 1 fully saturated rings. The maximum Gasteiger partial charge on any atom is 0.254 e. The molecule has 7 heteroatoms. The topological polar surface area (TPSA) is 76.0 Å². The van der Waals surface area contributed by atoms with Crippen molar-refractivity contribution < 1.29 is 9.53 Å². The number of ether oxygens (including phenoxy) is 1. The van der Waals surface area contributed by atoms with E-state index in [4.69, 9.17) is 9.72 Å². The summed E-state index contributed by atoms with van der Waals surface area (Å²) in [6, 6.07) is 11.6. The number of nitrogens with zero attached hydrogens (tertiary/aromatic N) is 4. The number of hydrogen-bond acceptors (Lipinski definition) is 4. The average Bonchev–Trinajstić information content (AvgIpc) is 3.52. The molecule has 1 N–H and O–H groups in total. The number of fused-ring (bicyclic) bond motifs is 1. The summed E-state index contributed by atoms with van der Waals surface area (Å²) in [6.45, 7) is 5.84. The molecule has 1 saturated heterocycles. The first-order chi connectivity index (χ1) is 15.4. The van der Waals surface area contributed by atoms with Gasteiger partial charge in [0.15, 0.2) is 0 Å². The van der Waals surface area contributed by atoms with E-state index in [9.17, 15) is 4.79 Å². The molecule has 1 aliphatic rings. The third-order valence-corrected chi connectivity index (χ3v) is 6.41. The third kappa shape index (κ3) is 3.64. The number of amides is 1. The van der Waals surface area contributed by atoms with Crippen molar-refractivity contribution in [3.63, 3.8) is 0 Å². The van der Waals surface area contributed by atoms with Crippen LogP contribution >= 0.6 is 0 Å². The molecule has 1 unspecified atom stereocenters. The maximum atomic E-state index is 13.3. The smallest absolute Gasteiger partial charge is 0.254 e. The Morgan fingerprint density at radius 2 is 2.09 bits per heavy atom. The van der Waals surface area contributed by atoms with Gasteiger partial charge < -0.3 is 14.2 Å². The molecule has 1 aromatic carbocycles. The summed E-state index contributed by atoms with van der Waals surface area (Å²) in [5, 5.41) is 7.97. The van der Waals surface area contributed by atoms with Gasteiger partial charge in [0.1, 0.15) is 11.4 Å². The lowest BCUT2D eigenvalue weighted by Crippen LogP contribution is -2.42. The molecule has 0 saturated carbocycles. The highest BCUT2D eigenvalue weighted by atomic mass is 16.5. The summed E-state index contributed by atoms with van der Waals surface area (Å²) in [5.41, 5.74) is 3.48. The van der Waals surface area contributed by atoms with Gasteiger partial charge in [-0.3, -0.25) is 9.89 Å². The Morgan fingerprint density at radius 3 is 2.88 bits per heavy atom. The van der Waals surface area contributed by atoms with Crippen LogP contribution in [0.1, 0.15) is 30.6 Å². The Hall–Kier alpha value is -3.61. The van der Waals surface area contributed by atoms with Crippen LogP contribution in [0.3, 0.4) is 0 Å². The summed E-state index contributed by atoms with van der Waals surface area (Å²) in [7, 11) is 1.62. The third-order valence-electron chi connectivity index (χ3n) is 6.41. The van der Waals surface area contributed by atoms with Crippen molar-refractivity contribution in [2.24, 2.45) is 5.92 Å². The number of H-pyrrole nitrogens is 1. The van der Waals surface area contributed by atoms with E-state index in [1.165, 1.54) is 0 Å². The molecule has 0 aliphatic carbocycles. The van der Waals surface area contributed by atoms with Crippen LogP contribution in [-0.4, -0.2) is 49.7 Å². The largest absolute Gasteiger partial charge is 0.497 e. The van der Waals surface area contributed by atoms with Crippen LogP contribution in [-0.2, 0) is 6.54 Å². The highest BCUT2D eigenvalue weighted by molar-refractivity contribution is 5.95. The van der Waals surface area contributed by atoms with Gasteiger partial charge in [-0.05, 0) is 56.5 Å². The Bertz CT molecular complexity index is 1260. The number of carbonyl (C=O) groups excluding carboxylic acids is 1. The molecule has 32 heavy (non-hydrogen) atoms. The molecule has 164 valence electrons. The van der Waals surface area contributed by atoms with E-state index in [-0.39, 0.29) is 11.4 Å². The zero-order valence-electron chi connectivity index (χ0n) is 18.6. The van der Waals surface area contributed by atoms with Crippen LogP contribution in [0.15, 0.2) is 61.2 Å². The SMILES string of the molecule is COc1cccc(C(=O)N2CC(Cn3ccc4cc(-c5cn[nH]c5)cnc43)CC2(C)C)c1. The van der Waals surface area contributed by atoms with Crippen LogP contribution in [0.4, 0.5) is 0 Å². The molecular weight excluding hydrogens is 402 g/mol. The van der Waals surface area contributed by atoms with Gasteiger partial charge >= 0.3 is 0 Å². The average molecular weight is 430 g/mol. The van der Waals surface area contributed by atoms with E-state index in [1.807, 2.05) is 41.6 Å². The van der Waals surface area contributed by atoms with Crippen LogP contribution in [0, 0.1) is 5.92 Å². The molecule has 1 atom stereocenters. The van der Waals surface area contributed by atoms with E-state index in [1.54, 1.807) is 13.3 Å². The predicted molar refractivity (Wildman–Crippen MR) is 124 cm³/mol. The van der Waals surface area contributed by atoms with Crippen LogP contribution in [0.25, 0.3) is 22.2 Å². The number of rotatable bonds is 5. The zero-order valence-corrected chi connectivity index (χ0v) is 18.6. The van der Waals surface area contributed by atoms with Gasteiger partial charge in [0, 0.05) is 59.3 Å².